The van der Waals surface area contributed by atoms with E-state index >= 15 is 0 Å². The third-order valence-electron chi connectivity index (χ3n) is 2.84. The van der Waals surface area contributed by atoms with Crippen molar-refractivity contribution in [1.82, 2.24) is 5.32 Å². The Balaban J connectivity index is 2.59. The van der Waals surface area contributed by atoms with Gasteiger partial charge in [0, 0.05) is 31.9 Å². The van der Waals surface area contributed by atoms with Crippen LogP contribution in [0.4, 0.5) is 5.69 Å². The SMILES string of the molecule is CC[C@H](C)NC(=O)/C=C\c1ccc(N(C)C)cc1. The van der Waals surface area contributed by atoms with Gasteiger partial charge in [-0.3, -0.25) is 4.79 Å². The Hall–Kier alpha value is -1.77. The van der Waals surface area contributed by atoms with Gasteiger partial charge in [0.05, 0.1) is 0 Å². The molecular weight excluding hydrogens is 224 g/mol. The highest BCUT2D eigenvalue weighted by Crippen LogP contribution is 2.12. The van der Waals surface area contributed by atoms with Crippen LogP contribution in [0, 0.1) is 0 Å². The van der Waals surface area contributed by atoms with Crippen molar-refractivity contribution in [3.05, 3.63) is 35.9 Å². The quantitative estimate of drug-likeness (QED) is 0.810. The second-order valence-corrected chi connectivity index (χ2v) is 4.64. The predicted molar refractivity (Wildman–Crippen MR) is 77.7 cm³/mol. The maximum Gasteiger partial charge on any atom is 0.244 e. The lowest BCUT2D eigenvalue weighted by molar-refractivity contribution is -0.117. The highest BCUT2D eigenvalue weighted by Gasteiger charge is 2.01. The van der Waals surface area contributed by atoms with E-state index in [1.165, 1.54) is 0 Å². The number of carbonyl (C=O) groups is 1. The molecule has 0 saturated carbocycles. The van der Waals surface area contributed by atoms with Crippen molar-refractivity contribution in [3.63, 3.8) is 0 Å². The molecule has 0 aromatic heterocycles. The minimum atomic E-state index is -0.0407. The number of hydrogen-bond donors (Lipinski definition) is 1. The summed E-state index contributed by atoms with van der Waals surface area (Å²) in [5, 5.41) is 2.90. The van der Waals surface area contributed by atoms with E-state index in [0.717, 1.165) is 17.7 Å². The predicted octanol–water partition coefficient (Wildman–Crippen LogP) is 2.68. The van der Waals surface area contributed by atoms with Crippen LogP contribution in [0.2, 0.25) is 0 Å². The molecule has 18 heavy (non-hydrogen) atoms. The van der Waals surface area contributed by atoms with Crippen molar-refractivity contribution in [2.24, 2.45) is 0 Å². The molecule has 1 rings (SSSR count). The van der Waals surface area contributed by atoms with E-state index in [-0.39, 0.29) is 11.9 Å². The Morgan fingerprint density at radius 1 is 1.33 bits per heavy atom. The van der Waals surface area contributed by atoms with E-state index in [0.29, 0.717) is 0 Å². The Morgan fingerprint density at radius 3 is 2.44 bits per heavy atom. The second-order valence-electron chi connectivity index (χ2n) is 4.64. The van der Waals surface area contributed by atoms with Crippen LogP contribution >= 0.6 is 0 Å². The molecule has 0 fully saturated rings. The summed E-state index contributed by atoms with van der Waals surface area (Å²) in [7, 11) is 4.01. The van der Waals surface area contributed by atoms with E-state index in [2.05, 4.69) is 12.2 Å². The summed E-state index contributed by atoms with van der Waals surface area (Å²) >= 11 is 0. The number of rotatable bonds is 5. The Kier molecular flexibility index (Phi) is 5.43. The Bertz CT molecular complexity index is 407. The monoisotopic (exact) mass is 246 g/mol. The number of hydrogen-bond acceptors (Lipinski definition) is 2. The number of nitrogens with one attached hydrogen (secondary N) is 1. The molecule has 3 heteroatoms. The van der Waals surface area contributed by atoms with E-state index < -0.39 is 0 Å². The van der Waals surface area contributed by atoms with Crippen LogP contribution < -0.4 is 10.2 Å². The molecule has 0 spiro atoms. The number of anilines is 1. The third-order valence-corrected chi connectivity index (χ3v) is 2.84. The van der Waals surface area contributed by atoms with Gasteiger partial charge >= 0.3 is 0 Å². The lowest BCUT2D eigenvalue weighted by Gasteiger charge is -2.11. The van der Waals surface area contributed by atoms with Crippen LogP contribution in [0.1, 0.15) is 25.8 Å². The minimum Gasteiger partial charge on any atom is -0.378 e. The van der Waals surface area contributed by atoms with Crippen LogP contribution in [0.15, 0.2) is 30.3 Å². The van der Waals surface area contributed by atoms with Crippen molar-refractivity contribution >= 4 is 17.7 Å². The van der Waals surface area contributed by atoms with E-state index in [1.807, 2.05) is 56.3 Å². The van der Waals surface area contributed by atoms with Gasteiger partial charge in [-0.1, -0.05) is 19.1 Å². The molecule has 0 bridgehead atoms. The van der Waals surface area contributed by atoms with Gasteiger partial charge in [0.25, 0.3) is 0 Å². The fourth-order valence-corrected chi connectivity index (χ4v) is 1.45. The van der Waals surface area contributed by atoms with Crippen molar-refractivity contribution in [3.8, 4) is 0 Å². The molecule has 0 aliphatic rings. The molecule has 1 atom stereocenters. The van der Waals surface area contributed by atoms with E-state index in [1.54, 1.807) is 6.08 Å². The number of nitrogens with zero attached hydrogens (tertiary/aromatic N) is 1. The number of carbonyl (C=O) groups excluding carboxylic acids is 1. The molecule has 1 N–H and O–H groups in total. The van der Waals surface area contributed by atoms with Crippen LogP contribution in [0.5, 0.6) is 0 Å². The first-order valence-electron chi connectivity index (χ1n) is 6.29. The van der Waals surface area contributed by atoms with E-state index in [4.69, 9.17) is 0 Å². The van der Waals surface area contributed by atoms with Gasteiger partial charge in [-0.25, -0.2) is 0 Å². The fourth-order valence-electron chi connectivity index (χ4n) is 1.45. The molecule has 0 aliphatic heterocycles. The van der Waals surface area contributed by atoms with Crippen LogP contribution in [-0.2, 0) is 4.79 Å². The van der Waals surface area contributed by atoms with Crippen molar-refractivity contribution < 1.29 is 4.79 Å². The molecule has 0 radical (unpaired) electrons. The first-order chi connectivity index (χ1) is 8.52. The van der Waals surface area contributed by atoms with Gasteiger partial charge in [-0.15, -0.1) is 0 Å². The molecule has 98 valence electrons. The first kappa shape index (κ1) is 14.3. The lowest BCUT2D eigenvalue weighted by atomic mass is 10.2. The van der Waals surface area contributed by atoms with Gasteiger partial charge < -0.3 is 10.2 Å². The average Bonchev–Trinajstić information content (AvgIpc) is 2.36. The molecular formula is C15H22N2O. The highest BCUT2D eigenvalue weighted by atomic mass is 16.1. The van der Waals surface area contributed by atoms with Crippen molar-refractivity contribution in [2.45, 2.75) is 26.3 Å². The van der Waals surface area contributed by atoms with Crippen LogP contribution in [0.3, 0.4) is 0 Å². The van der Waals surface area contributed by atoms with Crippen molar-refractivity contribution in [1.29, 1.82) is 0 Å². The standard InChI is InChI=1S/C15H22N2O/c1-5-12(2)16-15(18)11-8-13-6-9-14(10-7-13)17(3)4/h6-12H,5H2,1-4H3,(H,16,18)/b11-8-/t12-/m0/s1. The molecule has 0 saturated heterocycles. The van der Waals surface area contributed by atoms with E-state index in [9.17, 15) is 4.79 Å². The fraction of sp³-hybridized carbons (Fsp3) is 0.400. The highest BCUT2D eigenvalue weighted by molar-refractivity contribution is 5.91. The second kappa shape index (κ2) is 6.84. The smallest absolute Gasteiger partial charge is 0.244 e. The zero-order valence-electron chi connectivity index (χ0n) is 11.6. The Morgan fingerprint density at radius 2 is 1.94 bits per heavy atom. The molecule has 1 aromatic carbocycles. The normalized spacial score (nSPS) is 12.4. The topological polar surface area (TPSA) is 32.3 Å². The largest absolute Gasteiger partial charge is 0.378 e. The third kappa shape index (κ3) is 4.62. The minimum absolute atomic E-state index is 0.0407. The summed E-state index contributed by atoms with van der Waals surface area (Å²) < 4.78 is 0. The Labute approximate surface area is 109 Å². The molecule has 1 amide bonds. The van der Waals surface area contributed by atoms with Gasteiger partial charge in [-0.2, -0.15) is 0 Å². The molecule has 3 nitrogen and oxygen atoms in total. The molecule has 1 aromatic rings. The van der Waals surface area contributed by atoms with Gasteiger partial charge in [0.15, 0.2) is 0 Å². The zero-order chi connectivity index (χ0) is 13.5. The lowest BCUT2D eigenvalue weighted by Crippen LogP contribution is -2.30. The summed E-state index contributed by atoms with van der Waals surface area (Å²) in [5.41, 5.74) is 2.18. The van der Waals surface area contributed by atoms with Crippen LogP contribution in [-0.4, -0.2) is 26.0 Å². The first-order valence-corrected chi connectivity index (χ1v) is 6.29. The zero-order valence-corrected chi connectivity index (χ0v) is 11.6. The molecule has 0 heterocycles. The van der Waals surface area contributed by atoms with Crippen molar-refractivity contribution in [2.75, 3.05) is 19.0 Å². The number of amides is 1. The maximum atomic E-state index is 11.6. The molecule has 0 unspecified atom stereocenters. The van der Waals surface area contributed by atoms with Gasteiger partial charge in [0.1, 0.15) is 0 Å². The average molecular weight is 246 g/mol. The summed E-state index contributed by atoms with van der Waals surface area (Å²) in [5.74, 6) is -0.0407. The summed E-state index contributed by atoms with van der Waals surface area (Å²) in [4.78, 5) is 13.6. The molecule has 0 aliphatic carbocycles. The summed E-state index contributed by atoms with van der Waals surface area (Å²) in [6, 6.07) is 8.29. The number of benzene rings is 1. The van der Waals surface area contributed by atoms with Crippen LogP contribution in [0.25, 0.3) is 6.08 Å². The van der Waals surface area contributed by atoms with Gasteiger partial charge in [0.2, 0.25) is 5.91 Å². The van der Waals surface area contributed by atoms with Gasteiger partial charge in [-0.05, 0) is 37.1 Å². The summed E-state index contributed by atoms with van der Waals surface area (Å²) in [6.45, 7) is 4.05. The maximum absolute atomic E-state index is 11.6. The summed E-state index contributed by atoms with van der Waals surface area (Å²) in [6.07, 6.45) is 4.35.